The molecule has 0 aromatic carbocycles. The molecule has 0 aromatic rings. The van der Waals surface area contributed by atoms with Crippen LogP contribution < -0.4 is 0 Å². The first-order chi connectivity index (χ1) is 1.41. The summed E-state index contributed by atoms with van der Waals surface area (Å²) in [5.41, 5.74) is 0. The summed E-state index contributed by atoms with van der Waals surface area (Å²) in [6, 6.07) is 0. The maximum Gasteiger partial charge on any atom is 0 e. The zero-order chi connectivity index (χ0) is 2.71. The second-order valence-corrected chi connectivity index (χ2v) is 0.354. The SMILES string of the molecule is C=[C-]C.[La]. The van der Waals surface area contributed by atoms with Crippen molar-refractivity contribution in [3.63, 3.8) is 0 Å². The van der Waals surface area contributed by atoms with E-state index in [2.05, 4.69) is 12.7 Å². The van der Waals surface area contributed by atoms with Crippen molar-refractivity contribution in [1.82, 2.24) is 0 Å². The van der Waals surface area contributed by atoms with E-state index in [1.54, 1.807) is 6.92 Å². The molecular weight excluding hydrogens is 175 g/mol. The molecule has 0 heterocycles. The molecule has 0 fully saturated rings. The monoisotopic (exact) mass is 180 g/mol. The van der Waals surface area contributed by atoms with Crippen LogP contribution in [0.2, 0.25) is 0 Å². The first-order valence-corrected chi connectivity index (χ1v) is 0.854. The molecule has 0 unspecified atom stereocenters. The van der Waals surface area contributed by atoms with E-state index in [9.17, 15) is 0 Å². The van der Waals surface area contributed by atoms with E-state index in [0.29, 0.717) is 0 Å². The van der Waals surface area contributed by atoms with Gasteiger partial charge in [-0.1, -0.05) is 0 Å². The Morgan fingerprint density at radius 2 is 1.75 bits per heavy atom. The van der Waals surface area contributed by atoms with Gasteiger partial charge in [0.2, 0.25) is 0 Å². The maximum atomic E-state index is 3.24. The largest absolute Gasteiger partial charge is 0.507 e. The first kappa shape index (κ1) is 8.87. The van der Waals surface area contributed by atoms with Gasteiger partial charge in [-0.25, -0.2) is 0 Å². The summed E-state index contributed by atoms with van der Waals surface area (Å²) in [6.07, 6.45) is 2.50. The Morgan fingerprint density at radius 1 is 1.75 bits per heavy atom. The van der Waals surface area contributed by atoms with Gasteiger partial charge in [-0.2, -0.15) is 6.92 Å². The molecular formula is C3H5La-. The van der Waals surface area contributed by atoms with E-state index in [1.807, 2.05) is 0 Å². The van der Waals surface area contributed by atoms with Gasteiger partial charge < -0.3 is 6.08 Å². The Kier molecular flexibility index (Phi) is 20.1. The van der Waals surface area contributed by atoms with Crippen molar-refractivity contribution in [2.24, 2.45) is 0 Å². The van der Waals surface area contributed by atoms with Gasteiger partial charge in [0.25, 0.3) is 0 Å². The third-order valence-electron chi connectivity index (χ3n) is 0. The zero-order valence-electron chi connectivity index (χ0n) is 2.78. The third-order valence-corrected chi connectivity index (χ3v) is 0. The normalized spacial score (nSPS) is 3.25. The standard InChI is InChI=1S/C3H5.La/c1-3-2;/h1H2,2H3;/q-1;. The van der Waals surface area contributed by atoms with Gasteiger partial charge in [-0.3, -0.25) is 6.58 Å². The fraction of sp³-hybridized carbons (Fsp3) is 0.333. The predicted molar refractivity (Wildman–Crippen MR) is 14.5 cm³/mol. The average Bonchev–Trinajstić information content (AvgIpc) is 0.918. The fourth-order valence-electron chi connectivity index (χ4n) is 0. The van der Waals surface area contributed by atoms with E-state index >= 15 is 0 Å². The molecule has 0 N–H and O–H groups in total. The molecule has 0 aliphatic rings. The topological polar surface area (TPSA) is 0 Å². The van der Waals surface area contributed by atoms with Gasteiger partial charge >= 0.3 is 0 Å². The summed E-state index contributed by atoms with van der Waals surface area (Å²) in [6.45, 7) is 5.00. The van der Waals surface area contributed by atoms with Crippen LogP contribution in [-0.4, -0.2) is 0 Å². The van der Waals surface area contributed by atoms with Gasteiger partial charge in [0.15, 0.2) is 0 Å². The van der Waals surface area contributed by atoms with Crippen molar-refractivity contribution in [3.8, 4) is 0 Å². The van der Waals surface area contributed by atoms with Gasteiger partial charge in [0, 0.05) is 35.6 Å². The maximum absolute atomic E-state index is 3.24. The average molecular weight is 180 g/mol. The summed E-state index contributed by atoms with van der Waals surface area (Å²) in [5, 5.41) is 0. The minimum Gasteiger partial charge on any atom is -0.507 e. The van der Waals surface area contributed by atoms with Gasteiger partial charge in [0.1, 0.15) is 0 Å². The molecule has 1 heteroatoms. The Morgan fingerprint density at radius 3 is 1.75 bits per heavy atom. The van der Waals surface area contributed by atoms with Crippen molar-refractivity contribution in [2.75, 3.05) is 0 Å². The molecule has 0 saturated heterocycles. The van der Waals surface area contributed by atoms with E-state index in [-0.39, 0.29) is 35.6 Å². The first-order valence-electron chi connectivity index (χ1n) is 0.854. The van der Waals surface area contributed by atoms with E-state index < -0.39 is 0 Å². The van der Waals surface area contributed by atoms with Crippen LogP contribution in [0.1, 0.15) is 6.92 Å². The minimum absolute atomic E-state index is 0. The van der Waals surface area contributed by atoms with E-state index in [1.165, 1.54) is 0 Å². The Bertz CT molecular complexity index is 10.8. The van der Waals surface area contributed by atoms with Crippen LogP contribution >= 0.6 is 0 Å². The Labute approximate surface area is 54.9 Å². The van der Waals surface area contributed by atoms with Crippen molar-refractivity contribution >= 4 is 0 Å². The molecule has 0 nitrogen and oxygen atoms in total. The van der Waals surface area contributed by atoms with Crippen molar-refractivity contribution in [3.05, 3.63) is 12.7 Å². The number of hydrogen-bond donors (Lipinski definition) is 0. The summed E-state index contributed by atoms with van der Waals surface area (Å²) in [4.78, 5) is 0. The quantitative estimate of drug-likeness (QED) is 0.487. The van der Waals surface area contributed by atoms with Gasteiger partial charge in [0.05, 0.1) is 0 Å². The molecule has 0 spiro atoms. The summed E-state index contributed by atoms with van der Waals surface area (Å²) < 4.78 is 0. The summed E-state index contributed by atoms with van der Waals surface area (Å²) in [7, 11) is 0. The molecule has 21 valence electrons. The molecule has 0 bridgehead atoms. The second kappa shape index (κ2) is 9.05. The Hall–Kier alpha value is 0.935. The molecule has 0 saturated carbocycles. The Balaban J connectivity index is 0. The fourth-order valence-corrected chi connectivity index (χ4v) is 0. The predicted octanol–water partition coefficient (Wildman–Crippen LogP) is 0.995. The third kappa shape index (κ3) is 12.6. The van der Waals surface area contributed by atoms with Gasteiger partial charge in [-0.05, 0) is 0 Å². The molecule has 0 rings (SSSR count). The number of rotatable bonds is 0. The van der Waals surface area contributed by atoms with Crippen molar-refractivity contribution in [1.29, 1.82) is 0 Å². The molecule has 0 atom stereocenters. The minimum atomic E-state index is 0. The smallest absolute Gasteiger partial charge is 0 e. The molecule has 4 heavy (non-hydrogen) atoms. The molecule has 1 radical (unpaired) electrons. The van der Waals surface area contributed by atoms with Crippen molar-refractivity contribution in [2.45, 2.75) is 6.92 Å². The number of allylic oxidation sites excluding steroid dienone is 1. The zero-order valence-corrected chi connectivity index (χ0v) is 6.41. The van der Waals surface area contributed by atoms with Crippen molar-refractivity contribution < 1.29 is 35.6 Å². The van der Waals surface area contributed by atoms with Crippen LogP contribution in [-0.2, 0) is 0 Å². The molecule has 0 amide bonds. The van der Waals surface area contributed by atoms with Crippen LogP contribution in [0, 0.1) is 41.7 Å². The molecule has 0 aliphatic heterocycles. The van der Waals surface area contributed by atoms with Crippen LogP contribution in [0.5, 0.6) is 0 Å². The molecule has 0 aromatic heterocycles. The van der Waals surface area contributed by atoms with Crippen LogP contribution in [0.15, 0.2) is 6.58 Å². The molecule has 0 aliphatic carbocycles. The van der Waals surface area contributed by atoms with E-state index in [0.717, 1.165) is 0 Å². The summed E-state index contributed by atoms with van der Waals surface area (Å²) >= 11 is 0. The summed E-state index contributed by atoms with van der Waals surface area (Å²) in [5.74, 6) is 0. The van der Waals surface area contributed by atoms with E-state index in [4.69, 9.17) is 0 Å². The van der Waals surface area contributed by atoms with Crippen LogP contribution in [0.3, 0.4) is 0 Å². The van der Waals surface area contributed by atoms with Gasteiger partial charge in [-0.15, -0.1) is 0 Å². The van der Waals surface area contributed by atoms with Crippen LogP contribution in [0.4, 0.5) is 0 Å². The second-order valence-electron chi connectivity index (χ2n) is 0.354. The number of hydrogen-bond acceptors (Lipinski definition) is 0. The van der Waals surface area contributed by atoms with Crippen LogP contribution in [0.25, 0.3) is 0 Å².